The predicted molar refractivity (Wildman–Crippen MR) is 111 cm³/mol. The van der Waals surface area contributed by atoms with Gasteiger partial charge in [-0.05, 0) is 37.0 Å². The average Bonchev–Trinajstić information content (AvgIpc) is 2.48. The van der Waals surface area contributed by atoms with E-state index in [1.165, 1.54) is 24.8 Å². The van der Waals surface area contributed by atoms with Crippen LogP contribution in [-0.2, 0) is 10.2 Å². The van der Waals surface area contributed by atoms with Crippen LogP contribution in [0.2, 0.25) is 0 Å². The Morgan fingerprint density at radius 1 is 1.35 bits per heavy atom. The molecular weight excluding hydrogens is 469 g/mol. The van der Waals surface area contributed by atoms with Gasteiger partial charge in [0.05, 0.1) is 0 Å². The van der Waals surface area contributed by atoms with Crippen LogP contribution in [-0.4, -0.2) is 39.8 Å². The number of rotatable bonds is 7. The fourth-order valence-corrected chi connectivity index (χ4v) is 3.29. The monoisotopic (exact) mass is 495 g/mol. The lowest BCUT2D eigenvalue weighted by Crippen LogP contribution is -2.49. The second-order valence-electron chi connectivity index (χ2n) is 5.84. The molecule has 4 nitrogen and oxygen atoms in total. The van der Waals surface area contributed by atoms with Gasteiger partial charge in [0.1, 0.15) is 0 Å². The molecule has 1 saturated carbocycles. The maximum Gasteiger partial charge on any atom is 0.191 e. The maximum atomic E-state index is 5.06. The Kier molecular flexibility index (Phi) is 9.46. The Hall–Kier alpha value is -0.340. The number of halogens is 2. The molecule has 2 N–H and O–H groups in total. The molecule has 0 bridgehead atoms. The summed E-state index contributed by atoms with van der Waals surface area (Å²) in [6, 6.07) is 8.69. The van der Waals surface area contributed by atoms with Crippen LogP contribution in [0.15, 0.2) is 33.7 Å². The van der Waals surface area contributed by atoms with Crippen molar-refractivity contribution in [1.29, 1.82) is 0 Å². The lowest BCUT2D eigenvalue weighted by molar-refractivity contribution is 0.195. The van der Waals surface area contributed by atoms with Crippen LogP contribution in [0.3, 0.4) is 0 Å². The molecule has 6 heteroatoms. The second-order valence-corrected chi connectivity index (χ2v) is 6.76. The molecule has 0 spiro atoms. The highest BCUT2D eigenvalue weighted by molar-refractivity contribution is 14.0. The SMILES string of the molecule is CN=C(NCCCOC)NCC1(c2cccc(Br)c2)CCC1.I. The molecule has 1 fully saturated rings. The first-order chi connectivity index (χ1) is 10.7. The molecule has 0 amide bonds. The fraction of sp³-hybridized carbons (Fsp3) is 0.588. The van der Waals surface area contributed by atoms with E-state index >= 15 is 0 Å². The van der Waals surface area contributed by atoms with Gasteiger partial charge in [0.25, 0.3) is 0 Å². The molecule has 130 valence electrons. The van der Waals surface area contributed by atoms with Gasteiger partial charge in [-0.3, -0.25) is 4.99 Å². The fourth-order valence-electron chi connectivity index (χ4n) is 2.89. The van der Waals surface area contributed by atoms with E-state index in [0.29, 0.717) is 0 Å². The zero-order valence-corrected chi connectivity index (χ0v) is 17.8. The van der Waals surface area contributed by atoms with Gasteiger partial charge in [-0.1, -0.05) is 34.5 Å². The third-order valence-electron chi connectivity index (χ3n) is 4.38. The molecule has 1 aliphatic rings. The van der Waals surface area contributed by atoms with Crippen molar-refractivity contribution in [3.05, 3.63) is 34.3 Å². The Morgan fingerprint density at radius 2 is 2.13 bits per heavy atom. The van der Waals surface area contributed by atoms with Gasteiger partial charge in [-0.25, -0.2) is 0 Å². The van der Waals surface area contributed by atoms with Crippen LogP contribution >= 0.6 is 39.9 Å². The highest BCUT2D eigenvalue weighted by atomic mass is 127. The molecule has 0 saturated heterocycles. The topological polar surface area (TPSA) is 45.7 Å². The van der Waals surface area contributed by atoms with E-state index in [-0.39, 0.29) is 29.4 Å². The van der Waals surface area contributed by atoms with Gasteiger partial charge in [0.15, 0.2) is 5.96 Å². The number of hydrogen-bond donors (Lipinski definition) is 2. The van der Waals surface area contributed by atoms with E-state index < -0.39 is 0 Å². The number of benzene rings is 1. The summed E-state index contributed by atoms with van der Waals surface area (Å²) in [5, 5.41) is 6.83. The van der Waals surface area contributed by atoms with Gasteiger partial charge in [-0.2, -0.15) is 0 Å². The quantitative estimate of drug-likeness (QED) is 0.262. The summed E-state index contributed by atoms with van der Waals surface area (Å²) in [5.74, 6) is 0.873. The molecule has 0 unspecified atom stereocenters. The van der Waals surface area contributed by atoms with Crippen molar-refractivity contribution in [2.45, 2.75) is 31.1 Å². The third-order valence-corrected chi connectivity index (χ3v) is 4.88. The van der Waals surface area contributed by atoms with E-state index in [0.717, 1.165) is 36.5 Å². The summed E-state index contributed by atoms with van der Waals surface area (Å²) in [6.07, 6.45) is 4.75. The van der Waals surface area contributed by atoms with Crippen LogP contribution in [0.5, 0.6) is 0 Å². The maximum absolute atomic E-state index is 5.06. The second kappa shape index (κ2) is 10.5. The molecule has 0 aromatic heterocycles. The highest BCUT2D eigenvalue weighted by Crippen LogP contribution is 2.43. The predicted octanol–water partition coefficient (Wildman–Crippen LogP) is 3.69. The zero-order valence-electron chi connectivity index (χ0n) is 13.9. The van der Waals surface area contributed by atoms with Gasteiger partial charge in [0.2, 0.25) is 0 Å². The molecule has 0 heterocycles. The van der Waals surface area contributed by atoms with E-state index in [2.05, 4.69) is 55.8 Å². The van der Waals surface area contributed by atoms with Crippen LogP contribution in [0.25, 0.3) is 0 Å². The van der Waals surface area contributed by atoms with Crippen molar-refractivity contribution in [2.75, 3.05) is 33.9 Å². The molecule has 1 aromatic carbocycles. The van der Waals surface area contributed by atoms with Crippen molar-refractivity contribution < 1.29 is 4.74 Å². The summed E-state index contributed by atoms with van der Waals surface area (Å²) in [6.45, 7) is 2.57. The van der Waals surface area contributed by atoms with Gasteiger partial charge in [-0.15, -0.1) is 24.0 Å². The number of aliphatic imine (C=N–C) groups is 1. The van der Waals surface area contributed by atoms with Crippen molar-refractivity contribution in [3.8, 4) is 0 Å². The molecule has 1 aliphatic carbocycles. The number of nitrogens with one attached hydrogen (secondary N) is 2. The molecule has 0 radical (unpaired) electrons. The van der Waals surface area contributed by atoms with Gasteiger partial charge < -0.3 is 15.4 Å². The molecule has 0 atom stereocenters. The Labute approximate surface area is 165 Å². The number of nitrogens with zero attached hydrogens (tertiary/aromatic N) is 1. The Morgan fingerprint density at radius 3 is 2.70 bits per heavy atom. The van der Waals surface area contributed by atoms with Crippen LogP contribution in [0.1, 0.15) is 31.2 Å². The largest absolute Gasteiger partial charge is 0.385 e. The van der Waals surface area contributed by atoms with E-state index in [4.69, 9.17) is 4.74 Å². The Balaban J connectivity index is 0.00000264. The first-order valence-corrected chi connectivity index (χ1v) is 8.69. The van der Waals surface area contributed by atoms with E-state index in [1.54, 1.807) is 7.11 Å². The first kappa shape index (κ1) is 20.7. The highest BCUT2D eigenvalue weighted by Gasteiger charge is 2.38. The lowest BCUT2D eigenvalue weighted by atomic mass is 9.64. The van der Waals surface area contributed by atoms with Crippen molar-refractivity contribution in [1.82, 2.24) is 10.6 Å². The molecule has 0 aliphatic heterocycles. The van der Waals surface area contributed by atoms with Crippen molar-refractivity contribution in [3.63, 3.8) is 0 Å². The number of hydrogen-bond acceptors (Lipinski definition) is 2. The minimum Gasteiger partial charge on any atom is -0.385 e. The molecule has 23 heavy (non-hydrogen) atoms. The van der Waals surface area contributed by atoms with Gasteiger partial charge >= 0.3 is 0 Å². The summed E-state index contributed by atoms with van der Waals surface area (Å²) in [7, 11) is 3.55. The molecule has 1 aromatic rings. The molecule has 2 rings (SSSR count). The summed E-state index contributed by atoms with van der Waals surface area (Å²) in [5.41, 5.74) is 1.66. The molecular formula is C17H27BrIN3O. The zero-order chi connectivity index (χ0) is 15.8. The summed E-state index contributed by atoms with van der Waals surface area (Å²) in [4.78, 5) is 4.30. The van der Waals surface area contributed by atoms with Crippen LogP contribution in [0, 0.1) is 0 Å². The lowest BCUT2D eigenvalue weighted by Gasteiger charge is -2.43. The normalized spacial score (nSPS) is 16.2. The minimum absolute atomic E-state index is 0. The number of ether oxygens (including phenoxy) is 1. The minimum atomic E-state index is 0. The summed E-state index contributed by atoms with van der Waals surface area (Å²) >= 11 is 3.58. The Bertz CT molecular complexity index is 506. The number of guanidine groups is 1. The van der Waals surface area contributed by atoms with Crippen LogP contribution < -0.4 is 10.6 Å². The first-order valence-electron chi connectivity index (χ1n) is 7.90. The van der Waals surface area contributed by atoms with E-state index in [9.17, 15) is 0 Å². The standard InChI is InChI=1S/C17H26BrN3O.HI/c1-19-16(20-10-5-11-22-2)21-13-17(8-4-9-17)14-6-3-7-15(18)12-14;/h3,6-7,12H,4-5,8-11,13H2,1-2H3,(H2,19,20,21);1H. The van der Waals surface area contributed by atoms with Crippen molar-refractivity contribution >= 4 is 45.9 Å². The van der Waals surface area contributed by atoms with Crippen molar-refractivity contribution in [2.24, 2.45) is 4.99 Å². The smallest absolute Gasteiger partial charge is 0.191 e. The summed E-state index contributed by atoms with van der Waals surface area (Å²) < 4.78 is 6.21. The number of methoxy groups -OCH3 is 1. The van der Waals surface area contributed by atoms with E-state index in [1.807, 2.05) is 7.05 Å². The van der Waals surface area contributed by atoms with Crippen LogP contribution in [0.4, 0.5) is 0 Å². The van der Waals surface area contributed by atoms with Gasteiger partial charge in [0, 0.05) is 43.7 Å². The average molecular weight is 496 g/mol. The third kappa shape index (κ3) is 5.90.